The van der Waals surface area contributed by atoms with Crippen LogP contribution in [0, 0.1) is 0 Å². The number of hydrogen-bond donors (Lipinski definition) is 0. The fourth-order valence-corrected chi connectivity index (χ4v) is 2.00. The number of anilines is 1. The lowest BCUT2D eigenvalue weighted by atomic mass is 10.0. The number of para-hydroxylation sites is 1. The first kappa shape index (κ1) is 11.6. The molecule has 0 aliphatic carbocycles. The summed E-state index contributed by atoms with van der Waals surface area (Å²) >= 11 is 0. The molecule has 0 saturated heterocycles. The molecular weight excluding hydrogens is 214 g/mol. The summed E-state index contributed by atoms with van der Waals surface area (Å²) in [5.74, 6) is -0.198. The molecule has 1 aliphatic heterocycles. The van der Waals surface area contributed by atoms with Crippen LogP contribution < -0.4 is 4.90 Å². The van der Waals surface area contributed by atoms with Gasteiger partial charge in [-0.25, -0.2) is 4.90 Å². The third kappa shape index (κ3) is 1.88. The van der Waals surface area contributed by atoms with Crippen LogP contribution in [-0.4, -0.2) is 11.8 Å². The average Bonchev–Trinajstić information content (AvgIpc) is 2.53. The normalized spacial score (nSPS) is 15.8. The summed E-state index contributed by atoms with van der Waals surface area (Å²) in [6, 6.07) is 7.53. The molecule has 0 unspecified atom stereocenters. The lowest BCUT2D eigenvalue weighted by Gasteiger charge is -2.20. The number of carbonyl (C=O) groups excluding carboxylic acids is 2. The summed E-state index contributed by atoms with van der Waals surface area (Å²) in [4.78, 5) is 25.0. The van der Waals surface area contributed by atoms with Crippen LogP contribution in [0.4, 0.5) is 5.69 Å². The van der Waals surface area contributed by atoms with Gasteiger partial charge in [0.1, 0.15) is 0 Å². The molecule has 3 nitrogen and oxygen atoms in total. The minimum atomic E-state index is -0.249. The maximum absolute atomic E-state index is 11.9. The molecule has 1 aliphatic rings. The number of amides is 2. The average molecular weight is 229 g/mol. The highest BCUT2D eigenvalue weighted by Crippen LogP contribution is 2.30. The van der Waals surface area contributed by atoms with Gasteiger partial charge in [-0.1, -0.05) is 32.0 Å². The van der Waals surface area contributed by atoms with Gasteiger partial charge in [0.2, 0.25) is 0 Å². The summed E-state index contributed by atoms with van der Waals surface area (Å²) in [5.41, 5.74) is 2.21. The third-order valence-electron chi connectivity index (χ3n) is 2.90. The Morgan fingerprint density at radius 1 is 1.12 bits per heavy atom. The number of benzene rings is 1. The molecule has 17 heavy (non-hydrogen) atoms. The molecule has 1 aromatic carbocycles. The lowest BCUT2D eigenvalue weighted by Crippen LogP contribution is -2.31. The van der Waals surface area contributed by atoms with Crippen molar-refractivity contribution in [3.63, 3.8) is 0 Å². The number of imide groups is 1. The van der Waals surface area contributed by atoms with E-state index in [0.29, 0.717) is 11.3 Å². The largest absolute Gasteiger partial charge is 0.269 e. The highest BCUT2D eigenvalue weighted by molar-refractivity contribution is 6.30. The van der Waals surface area contributed by atoms with E-state index in [1.54, 1.807) is 6.92 Å². The quantitative estimate of drug-likeness (QED) is 0.731. The maximum atomic E-state index is 11.9. The first-order chi connectivity index (χ1) is 8.02. The fraction of sp³-hybridized carbons (Fsp3) is 0.286. The van der Waals surface area contributed by atoms with E-state index in [-0.39, 0.29) is 17.7 Å². The van der Waals surface area contributed by atoms with Crippen LogP contribution in [0.2, 0.25) is 0 Å². The molecular formula is C14H15NO2. The van der Waals surface area contributed by atoms with Crippen LogP contribution in [0.1, 0.15) is 32.3 Å². The van der Waals surface area contributed by atoms with Crippen molar-refractivity contribution in [2.75, 3.05) is 4.90 Å². The van der Waals surface area contributed by atoms with Crippen molar-refractivity contribution < 1.29 is 9.59 Å². The Kier molecular flexibility index (Phi) is 2.84. The van der Waals surface area contributed by atoms with Crippen molar-refractivity contribution in [3.05, 3.63) is 41.5 Å². The molecule has 0 aromatic heterocycles. The molecule has 0 N–H and O–H groups in total. The van der Waals surface area contributed by atoms with Gasteiger partial charge in [-0.3, -0.25) is 9.59 Å². The fourth-order valence-electron chi connectivity index (χ4n) is 2.00. The zero-order valence-corrected chi connectivity index (χ0v) is 10.2. The SMILES string of the molecule is CC1=CC(=O)N(c2ccccc2C(C)C)C1=O. The van der Waals surface area contributed by atoms with Crippen LogP contribution in [0.15, 0.2) is 35.9 Å². The van der Waals surface area contributed by atoms with E-state index in [0.717, 1.165) is 5.56 Å². The zero-order valence-electron chi connectivity index (χ0n) is 10.2. The molecule has 0 atom stereocenters. The van der Waals surface area contributed by atoms with Gasteiger partial charge in [0.25, 0.3) is 11.8 Å². The van der Waals surface area contributed by atoms with Crippen molar-refractivity contribution in [3.8, 4) is 0 Å². The summed E-state index contributed by atoms with van der Waals surface area (Å²) in [7, 11) is 0. The molecule has 0 fully saturated rings. The Morgan fingerprint density at radius 2 is 1.76 bits per heavy atom. The van der Waals surface area contributed by atoms with Crippen LogP contribution >= 0.6 is 0 Å². The predicted octanol–water partition coefficient (Wildman–Crippen LogP) is 2.63. The number of carbonyl (C=O) groups is 2. The first-order valence-electron chi connectivity index (χ1n) is 5.68. The molecule has 3 heteroatoms. The van der Waals surface area contributed by atoms with Gasteiger partial charge in [-0.15, -0.1) is 0 Å². The number of rotatable bonds is 2. The molecule has 0 radical (unpaired) electrons. The monoisotopic (exact) mass is 229 g/mol. The minimum Gasteiger partial charge on any atom is -0.269 e. The van der Waals surface area contributed by atoms with Crippen LogP contribution in [0.25, 0.3) is 0 Å². The van der Waals surface area contributed by atoms with E-state index in [4.69, 9.17) is 0 Å². The highest BCUT2D eigenvalue weighted by atomic mass is 16.2. The molecule has 88 valence electrons. The van der Waals surface area contributed by atoms with Crippen LogP contribution in [0.3, 0.4) is 0 Å². The second kappa shape index (κ2) is 4.17. The molecule has 1 aromatic rings. The Bertz CT molecular complexity index is 515. The van der Waals surface area contributed by atoms with Gasteiger partial charge < -0.3 is 0 Å². The number of hydrogen-bond acceptors (Lipinski definition) is 2. The summed E-state index contributed by atoms with van der Waals surface area (Å²) in [5, 5.41) is 0. The summed E-state index contributed by atoms with van der Waals surface area (Å²) < 4.78 is 0. The third-order valence-corrected chi connectivity index (χ3v) is 2.90. The number of nitrogens with zero attached hydrogens (tertiary/aromatic N) is 1. The molecule has 0 saturated carbocycles. The topological polar surface area (TPSA) is 37.4 Å². The Hall–Kier alpha value is -1.90. The van der Waals surface area contributed by atoms with Gasteiger partial charge in [-0.2, -0.15) is 0 Å². The van der Waals surface area contributed by atoms with E-state index in [1.165, 1.54) is 11.0 Å². The van der Waals surface area contributed by atoms with Crippen molar-refractivity contribution in [1.82, 2.24) is 0 Å². The van der Waals surface area contributed by atoms with Crippen molar-refractivity contribution in [2.45, 2.75) is 26.7 Å². The van der Waals surface area contributed by atoms with Gasteiger partial charge in [0.05, 0.1) is 5.69 Å². The van der Waals surface area contributed by atoms with Crippen molar-refractivity contribution in [2.24, 2.45) is 0 Å². The van der Waals surface area contributed by atoms with E-state index in [9.17, 15) is 9.59 Å². The minimum absolute atomic E-state index is 0.219. The van der Waals surface area contributed by atoms with Crippen LogP contribution in [0.5, 0.6) is 0 Å². The second-order valence-corrected chi connectivity index (χ2v) is 4.52. The standard InChI is InChI=1S/C14H15NO2/c1-9(2)11-6-4-5-7-12(11)15-13(16)8-10(3)14(15)17/h4-9H,1-3H3. The zero-order chi connectivity index (χ0) is 12.6. The van der Waals surface area contributed by atoms with Crippen molar-refractivity contribution >= 4 is 17.5 Å². The lowest BCUT2D eigenvalue weighted by molar-refractivity contribution is -0.120. The Labute approximate surface area is 101 Å². The van der Waals surface area contributed by atoms with Gasteiger partial charge in [0, 0.05) is 11.6 Å². The van der Waals surface area contributed by atoms with Crippen molar-refractivity contribution in [1.29, 1.82) is 0 Å². The molecule has 0 spiro atoms. The molecule has 0 bridgehead atoms. The van der Waals surface area contributed by atoms with E-state index in [1.807, 2.05) is 38.1 Å². The first-order valence-corrected chi connectivity index (χ1v) is 5.68. The Morgan fingerprint density at radius 3 is 2.29 bits per heavy atom. The summed E-state index contributed by atoms with van der Waals surface area (Å²) in [6.07, 6.45) is 1.39. The van der Waals surface area contributed by atoms with Gasteiger partial charge in [0.15, 0.2) is 0 Å². The highest BCUT2D eigenvalue weighted by Gasteiger charge is 2.31. The molecule has 1 heterocycles. The Balaban J connectivity index is 2.49. The summed E-state index contributed by atoms with van der Waals surface area (Å²) in [6.45, 7) is 5.76. The van der Waals surface area contributed by atoms with Gasteiger partial charge >= 0.3 is 0 Å². The molecule has 2 rings (SSSR count). The van der Waals surface area contributed by atoms with Crippen LogP contribution in [-0.2, 0) is 9.59 Å². The smallest absolute Gasteiger partial charge is 0.261 e. The molecule has 2 amide bonds. The van der Waals surface area contributed by atoms with Gasteiger partial charge in [-0.05, 0) is 24.5 Å². The second-order valence-electron chi connectivity index (χ2n) is 4.52. The van der Waals surface area contributed by atoms with E-state index < -0.39 is 0 Å². The van der Waals surface area contributed by atoms with E-state index >= 15 is 0 Å². The predicted molar refractivity (Wildman–Crippen MR) is 66.8 cm³/mol. The van der Waals surface area contributed by atoms with E-state index in [2.05, 4.69) is 0 Å². The maximum Gasteiger partial charge on any atom is 0.261 e.